The minimum atomic E-state index is 0.483. The topological polar surface area (TPSA) is 27.0 Å². The summed E-state index contributed by atoms with van der Waals surface area (Å²) in [7, 11) is 0. The third kappa shape index (κ3) is 2.40. The molecule has 0 saturated carbocycles. The number of benzene rings is 1. The molecule has 1 fully saturated rings. The number of hydrogen-bond acceptors (Lipinski definition) is 2. The molecule has 0 aromatic heterocycles. The van der Waals surface area contributed by atoms with Gasteiger partial charge in [0.15, 0.2) is 0 Å². The predicted octanol–water partition coefficient (Wildman–Crippen LogP) is 3.84. The minimum absolute atomic E-state index is 0.483. The SMILES string of the molecule is CC1CCC(C)N(c2cccc(Cl)c2C#N)C1. The summed E-state index contributed by atoms with van der Waals surface area (Å²) in [6.45, 7) is 5.49. The Hall–Kier alpha value is -1.20. The zero-order valence-corrected chi connectivity index (χ0v) is 11.0. The van der Waals surface area contributed by atoms with Gasteiger partial charge < -0.3 is 4.90 Å². The molecule has 3 heteroatoms. The van der Waals surface area contributed by atoms with E-state index in [0.29, 0.717) is 22.5 Å². The summed E-state index contributed by atoms with van der Waals surface area (Å²) < 4.78 is 0. The van der Waals surface area contributed by atoms with E-state index in [2.05, 4.69) is 24.8 Å². The Labute approximate surface area is 108 Å². The summed E-state index contributed by atoms with van der Waals surface area (Å²) in [6, 6.07) is 8.41. The lowest BCUT2D eigenvalue weighted by atomic mass is 9.94. The number of nitrogens with zero attached hydrogens (tertiary/aromatic N) is 2. The van der Waals surface area contributed by atoms with Gasteiger partial charge in [0.2, 0.25) is 0 Å². The maximum absolute atomic E-state index is 9.22. The van der Waals surface area contributed by atoms with Crippen LogP contribution in [-0.4, -0.2) is 12.6 Å². The van der Waals surface area contributed by atoms with E-state index in [1.54, 1.807) is 6.07 Å². The van der Waals surface area contributed by atoms with E-state index in [1.165, 1.54) is 12.8 Å². The summed E-state index contributed by atoms with van der Waals surface area (Å²) in [6.07, 6.45) is 2.44. The maximum atomic E-state index is 9.22. The molecule has 1 aromatic carbocycles. The van der Waals surface area contributed by atoms with Gasteiger partial charge in [-0.05, 0) is 37.8 Å². The second kappa shape index (κ2) is 4.98. The fourth-order valence-corrected chi connectivity index (χ4v) is 2.70. The van der Waals surface area contributed by atoms with Crippen molar-refractivity contribution in [3.05, 3.63) is 28.8 Å². The van der Waals surface area contributed by atoms with Gasteiger partial charge in [0.1, 0.15) is 6.07 Å². The lowest BCUT2D eigenvalue weighted by molar-refractivity contribution is 0.390. The van der Waals surface area contributed by atoms with Crippen LogP contribution in [0.4, 0.5) is 5.69 Å². The Kier molecular flexibility index (Phi) is 3.59. The maximum Gasteiger partial charge on any atom is 0.103 e. The van der Waals surface area contributed by atoms with Gasteiger partial charge in [-0.25, -0.2) is 0 Å². The van der Waals surface area contributed by atoms with Crippen LogP contribution in [-0.2, 0) is 0 Å². The van der Waals surface area contributed by atoms with Crippen molar-refractivity contribution in [1.82, 2.24) is 0 Å². The van der Waals surface area contributed by atoms with E-state index in [1.807, 2.05) is 12.1 Å². The second-order valence-corrected chi connectivity index (χ2v) is 5.34. The van der Waals surface area contributed by atoms with Gasteiger partial charge in [0, 0.05) is 12.6 Å². The molecule has 0 bridgehead atoms. The first-order chi connectivity index (χ1) is 8.13. The molecule has 90 valence electrons. The van der Waals surface area contributed by atoms with E-state index in [4.69, 9.17) is 11.6 Å². The van der Waals surface area contributed by atoms with Gasteiger partial charge >= 0.3 is 0 Å². The lowest BCUT2D eigenvalue weighted by Gasteiger charge is -2.39. The number of halogens is 1. The Morgan fingerprint density at radius 1 is 1.35 bits per heavy atom. The zero-order chi connectivity index (χ0) is 12.4. The summed E-state index contributed by atoms with van der Waals surface area (Å²) in [5.74, 6) is 0.678. The van der Waals surface area contributed by atoms with E-state index < -0.39 is 0 Å². The Morgan fingerprint density at radius 2 is 2.12 bits per heavy atom. The molecule has 0 spiro atoms. The van der Waals surface area contributed by atoms with Gasteiger partial charge in [-0.3, -0.25) is 0 Å². The highest BCUT2D eigenvalue weighted by Crippen LogP contribution is 2.32. The van der Waals surface area contributed by atoms with E-state index in [0.717, 1.165) is 12.2 Å². The molecular weight excluding hydrogens is 232 g/mol. The van der Waals surface area contributed by atoms with Gasteiger partial charge in [-0.2, -0.15) is 5.26 Å². The van der Waals surface area contributed by atoms with Crippen molar-refractivity contribution < 1.29 is 0 Å². The summed E-state index contributed by atoms with van der Waals surface area (Å²) in [5, 5.41) is 9.77. The molecular formula is C14H17ClN2. The van der Waals surface area contributed by atoms with Gasteiger partial charge in [-0.1, -0.05) is 24.6 Å². The molecule has 17 heavy (non-hydrogen) atoms. The van der Waals surface area contributed by atoms with E-state index in [9.17, 15) is 5.26 Å². The predicted molar refractivity (Wildman–Crippen MR) is 71.4 cm³/mol. The highest BCUT2D eigenvalue weighted by molar-refractivity contribution is 6.32. The molecule has 1 aromatic rings. The van der Waals surface area contributed by atoms with Crippen molar-refractivity contribution in [2.24, 2.45) is 5.92 Å². The first kappa shape index (κ1) is 12.3. The molecule has 2 nitrogen and oxygen atoms in total. The number of hydrogen-bond donors (Lipinski definition) is 0. The monoisotopic (exact) mass is 248 g/mol. The summed E-state index contributed by atoms with van der Waals surface area (Å²) in [4.78, 5) is 2.32. The van der Waals surface area contributed by atoms with Crippen LogP contribution >= 0.6 is 11.6 Å². The van der Waals surface area contributed by atoms with Crippen LogP contribution in [0, 0.1) is 17.2 Å². The number of nitriles is 1. The largest absolute Gasteiger partial charge is 0.367 e. The Balaban J connectivity index is 2.39. The normalized spacial score (nSPS) is 24.5. The third-order valence-corrected chi connectivity index (χ3v) is 3.85. The van der Waals surface area contributed by atoms with Crippen LogP contribution in [0.3, 0.4) is 0 Å². The molecule has 1 heterocycles. The van der Waals surface area contributed by atoms with Crippen molar-refractivity contribution in [3.8, 4) is 6.07 Å². The van der Waals surface area contributed by atoms with Crippen LogP contribution in [0.1, 0.15) is 32.3 Å². The van der Waals surface area contributed by atoms with Crippen molar-refractivity contribution in [1.29, 1.82) is 5.26 Å². The molecule has 0 radical (unpaired) electrons. The van der Waals surface area contributed by atoms with Crippen molar-refractivity contribution in [3.63, 3.8) is 0 Å². The Morgan fingerprint density at radius 3 is 2.82 bits per heavy atom. The first-order valence-corrected chi connectivity index (χ1v) is 6.46. The molecule has 0 aliphatic carbocycles. The smallest absolute Gasteiger partial charge is 0.103 e. The highest BCUT2D eigenvalue weighted by Gasteiger charge is 2.25. The van der Waals surface area contributed by atoms with Crippen LogP contribution in [0.15, 0.2) is 18.2 Å². The average molecular weight is 249 g/mol. The molecule has 1 aliphatic rings. The molecule has 1 saturated heterocycles. The van der Waals surface area contributed by atoms with Gasteiger partial charge in [0.05, 0.1) is 16.3 Å². The minimum Gasteiger partial charge on any atom is -0.367 e. The third-order valence-electron chi connectivity index (χ3n) is 3.53. The van der Waals surface area contributed by atoms with Crippen molar-refractivity contribution in [2.45, 2.75) is 32.7 Å². The number of rotatable bonds is 1. The molecule has 2 unspecified atom stereocenters. The Bertz CT molecular complexity index is 450. The highest BCUT2D eigenvalue weighted by atomic mass is 35.5. The molecule has 1 aliphatic heterocycles. The molecule has 0 amide bonds. The first-order valence-electron chi connectivity index (χ1n) is 6.08. The summed E-state index contributed by atoms with van der Waals surface area (Å²) in [5.41, 5.74) is 1.59. The zero-order valence-electron chi connectivity index (χ0n) is 10.3. The van der Waals surface area contributed by atoms with Crippen LogP contribution in [0.5, 0.6) is 0 Å². The fraction of sp³-hybridized carbons (Fsp3) is 0.500. The average Bonchev–Trinajstić information content (AvgIpc) is 2.32. The van der Waals surface area contributed by atoms with E-state index >= 15 is 0 Å². The van der Waals surface area contributed by atoms with Gasteiger partial charge in [-0.15, -0.1) is 0 Å². The van der Waals surface area contributed by atoms with Gasteiger partial charge in [0.25, 0.3) is 0 Å². The fourth-order valence-electron chi connectivity index (χ4n) is 2.49. The van der Waals surface area contributed by atoms with Crippen molar-refractivity contribution >= 4 is 17.3 Å². The molecule has 0 N–H and O–H groups in total. The van der Waals surface area contributed by atoms with Crippen LogP contribution in [0.25, 0.3) is 0 Å². The van der Waals surface area contributed by atoms with Crippen LogP contribution < -0.4 is 4.90 Å². The molecule has 2 atom stereocenters. The van der Waals surface area contributed by atoms with Crippen LogP contribution in [0.2, 0.25) is 5.02 Å². The number of piperidine rings is 1. The lowest BCUT2D eigenvalue weighted by Crippen LogP contribution is -2.41. The van der Waals surface area contributed by atoms with E-state index in [-0.39, 0.29) is 0 Å². The van der Waals surface area contributed by atoms with Crippen molar-refractivity contribution in [2.75, 3.05) is 11.4 Å². The second-order valence-electron chi connectivity index (χ2n) is 4.93. The molecule has 2 rings (SSSR count). The quantitative estimate of drug-likeness (QED) is 0.755. The number of anilines is 1. The standard InChI is InChI=1S/C14H17ClN2/c1-10-6-7-11(2)17(9-10)14-5-3-4-13(15)12(14)8-16/h3-5,10-11H,6-7,9H2,1-2H3. The summed E-state index contributed by atoms with van der Waals surface area (Å²) >= 11 is 6.08.